The third-order valence-electron chi connectivity index (χ3n) is 7.77. The molecular weight excluding hydrogens is 514 g/mol. The summed E-state index contributed by atoms with van der Waals surface area (Å²) < 4.78 is 17.6. The largest absolute Gasteiger partial charge is 0.490 e. The number of carbonyl (C=O) groups excluding carboxylic acids is 2. The maximum atomic E-state index is 13.5. The summed E-state index contributed by atoms with van der Waals surface area (Å²) in [6.07, 6.45) is 4.18. The molecule has 1 heterocycles. The highest BCUT2D eigenvalue weighted by Crippen LogP contribution is 2.51. The maximum absolute atomic E-state index is 13.5. The molecule has 2 aliphatic carbocycles. The molecule has 2 aromatic carbocycles. The van der Waals surface area contributed by atoms with E-state index in [1.165, 1.54) is 5.56 Å². The Morgan fingerprint density at radius 2 is 1.56 bits per heavy atom. The first-order valence-electron chi connectivity index (χ1n) is 13.9. The van der Waals surface area contributed by atoms with Gasteiger partial charge in [0.05, 0.1) is 18.2 Å². The van der Waals surface area contributed by atoms with Gasteiger partial charge in [-0.25, -0.2) is 0 Å². The normalized spacial score (nSPS) is 17.9. The van der Waals surface area contributed by atoms with Gasteiger partial charge in [-0.1, -0.05) is 41.4 Å². The van der Waals surface area contributed by atoms with Crippen LogP contribution in [0.2, 0.25) is 5.02 Å². The van der Waals surface area contributed by atoms with Crippen molar-refractivity contribution in [3.63, 3.8) is 0 Å². The number of hydrogen-bond acceptors (Lipinski definition) is 6. The molecule has 0 unspecified atom stereocenters. The van der Waals surface area contributed by atoms with Crippen LogP contribution in [0, 0.1) is 6.92 Å². The van der Waals surface area contributed by atoms with Crippen LogP contribution in [0.15, 0.2) is 58.9 Å². The molecule has 39 heavy (non-hydrogen) atoms. The molecule has 0 amide bonds. The fourth-order valence-corrected chi connectivity index (χ4v) is 6.27. The molecule has 0 bridgehead atoms. The Balaban J connectivity index is 1.60. The summed E-state index contributed by atoms with van der Waals surface area (Å²) in [7, 11) is 1.68. The second kappa shape index (κ2) is 12.0. The number of ketones is 2. The molecule has 0 fully saturated rings. The van der Waals surface area contributed by atoms with Crippen molar-refractivity contribution >= 4 is 23.2 Å². The zero-order chi connectivity index (χ0) is 27.5. The van der Waals surface area contributed by atoms with Crippen LogP contribution >= 0.6 is 11.6 Å². The molecule has 0 saturated heterocycles. The molecular formula is C32H36ClNO5. The number of allylic oxidation sites excluding steroid dienone is 4. The van der Waals surface area contributed by atoms with Crippen molar-refractivity contribution < 1.29 is 23.8 Å². The van der Waals surface area contributed by atoms with Gasteiger partial charge in [0, 0.05) is 55.0 Å². The summed E-state index contributed by atoms with van der Waals surface area (Å²) in [5, 5.41) is 0.403. The van der Waals surface area contributed by atoms with E-state index in [2.05, 4.69) is 4.90 Å². The molecule has 0 N–H and O–H groups in total. The number of methoxy groups -OCH3 is 1. The van der Waals surface area contributed by atoms with E-state index in [9.17, 15) is 9.59 Å². The monoisotopic (exact) mass is 549 g/mol. The molecule has 2 aromatic rings. The van der Waals surface area contributed by atoms with E-state index in [-0.39, 0.29) is 11.6 Å². The minimum Gasteiger partial charge on any atom is -0.490 e. The van der Waals surface area contributed by atoms with Crippen LogP contribution in [-0.4, -0.2) is 43.3 Å². The lowest BCUT2D eigenvalue weighted by Crippen LogP contribution is -2.40. The number of halogens is 1. The summed E-state index contributed by atoms with van der Waals surface area (Å²) in [6.45, 7) is 5.88. The molecule has 0 saturated carbocycles. The van der Waals surface area contributed by atoms with Gasteiger partial charge < -0.3 is 19.1 Å². The molecule has 0 atom stereocenters. The zero-order valence-corrected chi connectivity index (χ0v) is 23.7. The van der Waals surface area contributed by atoms with Gasteiger partial charge in [-0.3, -0.25) is 9.59 Å². The number of Topliss-reactive ketones (excluding diaryl/α,β-unsaturated/α-hetero) is 2. The highest BCUT2D eigenvalue weighted by atomic mass is 35.5. The molecule has 5 rings (SSSR count). The van der Waals surface area contributed by atoms with E-state index >= 15 is 0 Å². The Kier molecular flexibility index (Phi) is 8.43. The van der Waals surface area contributed by atoms with E-state index in [1.54, 1.807) is 7.11 Å². The van der Waals surface area contributed by atoms with Crippen molar-refractivity contribution in [3.05, 3.63) is 80.7 Å². The first-order valence-corrected chi connectivity index (χ1v) is 14.2. The van der Waals surface area contributed by atoms with Crippen LogP contribution in [0.25, 0.3) is 0 Å². The number of rotatable bonds is 9. The summed E-state index contributed by atoms with van der Waals surface area (Å²) in [5.41, 5.74) is 6.49. The molecule has 6 nitrogen and oxygen atoms in total. The highest BCUT2D eigenvalue weighted by Gasteiger charge is 2.43. The Morgan fingerprint density at radius 1 is 0.923 bits per heavy atom. The minimum absolute atomic E-state index is 0.0994. The van der Waals surface area contributed by atoms with Crippen molar-refractivity contribution in [1.82, 2.24) is 4.90 Å². The van der Waals surface area contributed by atoms with Gasteiger partial charge in [-0.05, 0) is 62.8 Å². The second-order valence-corrected chi connectivity index (χ2v) is 10.8. The SMILES string of the molecule is CCOc1cc(C2C3=C(CCCC3=O)N(CCOC)C3=C2C(=O)CCC3)cc(Cl)c1OCc1ccc(C)cc1. The fraction of sp³-hybridized carbons (Fsp3) is 0.438. The van der Waals surface area contributed by atoms with E-state index < -0.39 is 5.92 Å². The van der Waals surface area contributed by atoms with Gasteiger partial charge >= 0.3 is 0 Å². The molecule has 7 heteroatoms. The van der Waals surface area contributed by atoms with Gasteiger partial charge in [0.2, 0.25) is 0 Å². The Morgan fingerprint density at radius 3 is 2.15 bits per heavy atom. The van der Waals surface area contributed by atoms with Crippen LogP contribution in [0.5, 0.6) is 11.5 Å². The molecule has 1 aliphatic heterocycles. The molecule has 206 valence electrons. The molecule has 0 aromatic heterocycles. The lowest BCUT2D eigenvalue weighted by molar-refractivity contribution is -0.117. The second-order valence-electron chi connectivity index (χ2n) is 10.4. The third kappa shape index (κ3) is 5.50. The predicted molar refractivity (Wildman–Crippen MR) is 151 cm³/mol. The first kappa shape index (κ1) is 27.5. The Labute approximate surface area is 235 Å². The lowest BCUT2D eigenvalue weighted by atomic mass is 9.71. The van der Waals surface area contributed by atoms with Gasteiger partial charge in [0.15, 0.2) is 23.1 Å². The van der Waals surface area contributed by atoms with Crippen molar-refractivity contribution in [2.75, 3.05) is 26.9 Å². The van der Waals surface area contributed by atoms with Crippen LogP contribution in [0.4, 0.5) is 0 Å². The van der Waals surface area contributed by atoms with E-state index in [1.807, 2.05) is 50.2 Å². The van der Waals surface area contributed by atoms with E-state index in [0.29, 0.717) is 55.7 Å². The molecule has 0 spiro atoms. The number of nitrogens with zero attached hydrogens (tertiary/aromatic N) is 1. The summed E-state index contributed by atoms with van der Waals surface area (Å²) >= 11 is 6.87. The van der Waals surface area contributed by atoms with E-state index in [0.717, 1.165) is 59.4 Å². The topological polar surface area (TPSA) is 65.1 Å². The number of carbonyl (C=O) groups is 2. The average Bonchev–Trinajstić information content (AvgIpc) is 2.92. The van der Waals surface area contributed by atoms with Gasteiger partial charge in [-0.2, -0.15) is 0 Å². The smallest absolute Gasteiger partial charge is 0.180 e. The quantitative estimate of drug-likeness (QED) is 0.347. The van der Waals surface area contributed by atoms with Gasteiger partial charge in [0.1, 0.15) is 6.61 Å². The average molecular weight is 550 g/mol. The fourth-order valence-electron chi connectivity index (χ4n) is 6.00. The predicted octanol–water partition coefficient (Wildman–Crippen LogP) is 6.69. The number of aryl methyl sites for hydroxylation is 1. The van der Waals surface area contributed by atoms with Crippen molar-refractivity contribution in [2.45, 2.75) is 64.9 Å². The maximum Gasteiger partial charge on any atom is 0.180 e. The third-order valence-corrected chi connectivity index (χ3v) is 8.06. The first-order chi connectivity index (χ1) is 18.9. The highest BCUT2D eigenvalue weighted by molar-refractivity contribution is 6.32. The minimum atomic E-state index is -0.461. The van der Waals surface area contributed by atoms with Crippen molar-refractivity contribution in [2.24, 2.45) is 0 Å². The number of hydrogen-bond donors (Lipinski definition) is 0. The Hall–Kier alpha value is -3.09. The summed E-state index contributed by atoms with van der Waals surface area (Å²) in [6, 6.07) is 11.9. The lowest BCUT2D eigenvalue weighted by Gasteiger charge is -2.44. The Bertz CT molecular complexity index is 1280. The van der Waals surface area contributed by atoms with Gasteiger partial charge in [-0.15, -0.1) is 0 Å². The summed E-state index contributed by atoms with van der Waals surface area (Å²) in [4.78, 5) is 29.2. The van der Waals surface area contributed by atoms with Crippen LogP contribution in [0.3, 0.4) is 0 Å². The van der Waals surface area contributed by atoms with Crippen molar-refractivity contribution in [1.29, 1.82) is 0 Å². The van der Waals surface area contributed by atoms with Crippen LogP contribution in [0.1, 0.15) is 68.1 Å². The standard InChI is InChI=1S/C32H36ClNO5/c1-4-38-28-18-22(17-23(33)32(28)39-19-21-13-11-20(2)12-14-21)29-30-24(7-5-9-26(30)35)34(15-16-37-3)25-8-6-10-27(36)31(25)29/h11-14,17-18,29H,4-10,15-16,19H2,1-3H3. The molecule has 3 aliphatic rings. The number of benzene rings is 2. The summed E-state index contributed by atoms with van der Waals surface area (Å²) in [5.74, 6) is 0.723. The van der Waals surface area contributed by atoms with E-state index in [4.69, 9.17) is 25.8 Å². The van der Waals surface area contributed by atoms with Crippen molar-refractivity contribution in [3.8, 4) is 11.5 Å². The van der Waals surface area contributed by atoms with Crippen LogP contribution < -0.4 is 9.47 Å². The van der Waals surface area contributed by atoms with Gasteiger partial charge in [0.25, 0.3) is 0 Å². The zero-order valence-electron chi connectivity index (χ0n) is 23.0. The van der Waals surface area contributed by atoms with Crippen LogP contribution in [-0.2, 0) is 20.9 Å². The molecule has 0 radical (unpaired) electrons. The number of ether oxygens (including phenoxy) is 3.